The first-order valence-corrected chi connectivity index (χ1v) is 13.3. The molecule has 4 aromatic rings. The average molecular weight is 521 g/mol. The van der Waals surface area contributed by atoms with Crippen LogP contribution in [0, 0.1) is 0 Å². The lowest BCUT2D eigenvalue weighted by Crippen LogP contribution is -2.40. The van der Waals surface area contributed by atoms with Gasteiger partial charge in [-0.2, -0.15) is 0 Å². The van der Waals surface area contributed by atoms with Gasteiger partial charge in [0, 0.05) is 34.8 Å². The molecule has 0 saturated heterocycles. The van der Waals surface area contributed by atoms with Gasteiger partial charge in [-0.25, -0.2) is 9.59 Å². The second kappa shape index (κ2) is 12.8. The van der Waals surface area contributed by atoms with Crippen LogP contribution in [-0.4, -0.2) is 24.1 Å². The van der Waals surface area contributed by atoms with Crippen molar-refractivity contribution in [1.82, 2.24) is 0 Å². The lowest BCUT2D eigenvalue weighted by molar-refractivity contribution is 0.254. The van der Waals surface area contributed by atoms with E-state index in [0.29, 0.717) is 0 Å². The number of carbonyl (C=O) groups is 2. The smallest absolute Gasteiger partial charge is 0.308 e. The highest BCUT2D eigenvalue weighted by Crippen LogP contribution is 2.21. The summed E-state index contributed by atoms with van der Waals surface area (Å²) in [7, 11) is 0. The Labute approximate surface area is 231 Å². The number of rotatable bonds is 8. The molecule has 0 aliphatic heterocycles. The van der Waals surface area contributed by atoms with E-state index in [0.717, 1.165) is 40.3 Å². The number of amides is 4. The Kier molecular flexibility index (Phi) is 9.00. The Bertz CT molecular complexity index is 1250. The van der Waals surface area contributed by atoms with Crippen molar-refractivity contribution < 1.29 is 9.59 Å². The van der Waals surface area contributed by atoms with Gasteiger partial charge in [0.1, 0.15) is 0 Å². The van der Waals surface area contributed by atoms with Gasteiger partial charge in [-0.1, -0.05) is 60.7 Å². The molecule has 0 spiro atoms. The molecule has 0 radical (unpaired) electrons. The first-order chi connectivity index (χ1) is 18.8. The summed E-state index contributed by atoms with van der Waals surface area (Å²) in [6.07, 6.45) is 0.743. The Balaban J connectivity index is 1.35. The number of nitrogens with zero attached hydrogens (tertiary/aromatic N) is 2. The molecule has 0 aromatic heterocycles. The summed E-state index contributed by atoms with van der Waals surface area (Å²) in [4.78, 5) is 29.5. The van der Waals surface area contributed by atoms with E-state index < -0.39 is 0 Å². The number of hydrogen-bond donors (Lipinski definition) is 2. The van der Waals surface area contributed by atoms with Crippen molar-refractivity contribution in [3.63, 3.8) is 0 Å². The zero-order chi connectivity index (χ0) is 27.8. The molecule has 0 bridgehead atoms. The SMILES string of the molecule is CC(C)N(C(=O)Nc1ccc(Cc2ccc(NC(=O)N(c3ccccc3)C(C)C)cc2)cc1)c1ccccc1. The van der Waals surface area contributed by atoms with Crippen molar-refractivity contribution in [2.24, 2.45) is 0 Å². The van der Waals surface area contributed by atoms with E-state index in [1.165, 1.54) is 0 Å². The van der Waals surface area contributed by atoms with Gasteiger partial charge in [0.05, 0.1) is 0 Å². The second-order valence-electron chi connectivity index (χ2n) is 10.0. The van der Waals surface area contributed by atoms with Crippen molar-refractivity contribution in [3.8, 4) is 0 Å². The Morgan fingerprint density at radius 3 is 1.18 bits per heavy atom. The quantitative estimate of drug-likeness (QED) is 0.246. The maximum absolute atomic E-state index is 13.0. The van der Waals surface area contributed by atoms with Crippen molar-refractivity contribution in [2.45, 2.75) is 46.2 Å². The summed E-state index contributed by atoms with van der Waals surface area (Å²) in [5.41, 5.74) is 5.47. The van der Waals surface area contributed by atoms with Crippen molar-refractivity contribution in [1.29, 1.82) is 0 Å². The minimum absolute atomic E-state index is 0.0196. The van der Waals surface area contributed by atoms with Crippen LogP contribution in [0.3, 0.4) is 0 Å². The van der Waals surface area contributed by atoms with Crippen LogP contribution in [0.15, 0.2) is 109 Å². The Hall–Kier alpha value is -4.58. The van der Waals surface area contributed by atoms with Crippen LogP contribution in [0.2, 0.25) is 0 Å². The molecule has 0 heterocycles. The summed E-state index contributed by atoms with van der Waals surface area (Å²) in [6, 6.07) is 34.8. The maximum atomic E-state index is 13.0. The molecule has 6 heteroatoms. The van der Waals surface area contributed by atoms with Crippen LogP contribution in [-0.2, 0) is 6.42 Å². The van der Waals surface area contributed by atoms with E-state index in [2.05, 4.69) is 10.6 Å². The fraction of sp³-hybridized carbons (Fsp3) is 0.212. The van der Waals surface area contributed by atoms with Crippen LogP contribution in [0.4, 0.5) is 32.3 Å². The molecule has 0 aliphatic carbocycles. The first kappa shape index (κ1) is 27.5. The van der Waals surface area contributed by atoms with E-state index in [1.807, 2.05) is 137 Å². The predicted molar refractivity (Wildman–Crippen MR) is 162 cm³/mol. The standard InChI is InChI=1S/C33H36N4O2/c1-24(2)36(30-11-7-5-8-12-30)32(38)34-28-19-15-26(16-20-28)23-27-17-21-29(22-18-27)35-33(39)37(25(3)4)31-13-9-6-10-14-31/h5-22,24-25H,23H2,1-4H3,(H,34,38)(H,35,39). The maximum Gasteiger partial charge on any atom is 0.326 e. The molecule has 0 atom stereocenters. The molecule has 0 unspecified atom stereocenters. The second-order valence-corrected chi connectivity index (χ2v) is 10.0. The highest BCUT2D eigenvalue weighted by atomic mass is 16.2. The van der Waals surface area contributed by atoms with Crippen molar-refractivity contribution in [2.75, 3.05) is 20.4 Å². The van der Waals surface area contributed by atoms with Gasteiger partial charge in [0.15, 0.2) is 0 Å². The first-order valence-electron chi connectivity index (χ1n) is 13.3. The van der Waals surface area contributed by atoms with E-state index in [4.69, 9.17) is 0 Å². The van der Waals surface area contributed by atoms with E-state index in [-0.39, 0.29) is 24.1 Å². The molecule has 39 heavy (non-hydrogen) atoms. The van der Waals surface area contributed by atoms with Crippen LogP contribution in [0.1, 0.15) is 38.8 Å². The van der Waals surface area contributed by atoms with E-state index in [9.17, 15) is 9.59 Å². The molecule has 4 aromatic carbocycles. The molecule has 4 amide bonds. The minimum atomic E-state index is -0.162. The van der Waals surface area contributed by atoms with Crippen LogP contribution in [0.5, 0.6) is 0 Å². The van der Waals surface area contributed by atoms with E-state index >= 15 is 0 Å². The average Bonchev–Trinajstić information content (AvgIpc) is 2.92. The summed E-state index contributed by atoms with van der Waals surface area (Å²) >= 11 is 0. The van der Waals surface area contributed by atoms with E-state index in [1.54, 1.807) is 9.80 Å². The summed E-state index contributed by atoms with van der Waals surface area (Å²) in [5.74, 6) is 0. The monoisotopic (exact) mass is 520 g/mol. The fourth-order valence-electron chi connectivity index (χ4n) is 4.49. The zero-order valence-electron chi connectivity index (χ0n) is 23.0. The third kappa shape index (κ3) is 7.26. The van der Waals surface area contributed by atoms with Gasteiger partial charge in [0.2, 0.25) is 0 Å². The third-order valence-corrected chi connectivity index (χ3v) is 6.36. The molecule has 2 N–H and O–H groups in total. The Morgan fingerprint density at radius 2 is 0.872 bits per heavy atom. The number of benzene rings is 4. The molecule has 0 aliphatic rings. The van der Waals surface area contributed by atoms with Gasteiger partial charge in [-0.05, 0) is 93.8 Å². The highest BCUT2D eigenvalue weighted by Gasteiger charge is 2.20. The topological polar surface area (TPSA) is 64.7 Å². The van der Waals surface area contributed by atoms with Crippen LogP contribution in [0.25, 0.3) is 0 Å². The summed E-state index contributed by atoms with van der Waals surface area (Å²) in [5, 5.41) is 6.02. The minimum Gasteiger partial charge on any atom is -0.308 e. The summed E-state index contributed by atoms with van der Waals surface area (Å²) < 4.78 is 0. The summed E-state index contributed by atoms with van der Waals surface area (Å²) in [6.45, 7) is 7.98. The zero-order valence-corrected chi connectivity index (χ0v) is 23.0. The van der Waals surface area contributed by atoms with Crippen LogP contribution >= 0.6 is 0 Å². The van der Waals surface area contributed by atoms with Gasteiger partial charge in [0.25, 0.3) is 0 Å². The third-order valence-electron chi connectivity index (χ3n) is 6.36. The molecule has 0 fully saturated rings. The van der Waals surface area contributed by atoms with Gasteiger partial charge < -0.3 is 10.6 Å². The number of urea groups is 2. The normalized spacial score (nSPS) is 10.8. The molecule has 200 valence electrons. The van der Waals surface area contributed by atoms with Gasteiger partial charge in [-0.3, -0.25) is 9.80 Å². The molecule has 6 nitrogen and oxygen atoms in total. The number of nitrogens with one attached hydrogen (secondary N) is 2. The molecular formula is C33H36N4O2. The Morgan fingerprint density at radius 1 is 0.538 bits per heavy atom. The van der Waals surface area contributed by atoms with Crippen LogP contribution < -0.4 is 20.4 Å². The lowest BCUT2D eigenvalue weighted by atomic mass is 10.0. The van der Waals surface area contributed by atoms with Gasteiger partial charge >= 0.3 is 12.1 Å². The lowest BCUT2D eigenvalue weighted by Gasteiger charge is -2.27. The number of anilines is 4. The van der Waals surface area contributed by atoms with Crippen molar-refractivity contribution in [3.05, 3.63) is 120 Å². The predicted octanol–water partition coefficient (Wildman–Crippen LogP) is 8.17. The highest BCUT2D eigenvalue weighted by molar-refractivity contribution is 6.02. The number of para-hydroxylation sites is 2. The largest absolute Gasteiger partial charge is 0.326 e. The fourth-order valence-corrected chi connectivity index (χ4v) is 4.49. The molecule has 4 rings (SSSR count). The van der Waals surface area contributed by atoms with Crippen molar-refractivity contribution >= 4 is 34.8 Å². The van der Waals surface area contributed by atoms with Gasteiger partial charge in [-0.15, -0.1) is 0 Å². The number of hydrogen-bond acceptors (Lipinski definition) is 2. The number of carbonyl (C=O) groups excluding carboxylic acids is 2. The molecule has 0 saturated carbocycles. The molecular weight excluding hydrogens is 484 g/mol.